The largest absolute Gasteiger partial charge is 0.384 e. The van der Waals surface area contributed by atoms with Gasteiger partial charge in [0, 0.05) is 5.41 Å². The zero-order valence-electron chi connectivity index (χ0n) is 12.1. The van der Waals surface area contributed by atoms with Gasteiger partial charge in [-0.3, -0.25) is 9.59 Å². The molecule has 1 heterocycles. The number of aromatic nitrogens is 1. The molecule has 0 saturated carbocycles. The van der Waals surface area contributed by atoms with Crippen molar-refractivity contribution in [3.05, 3.63) is 18.3 Å². The number of anilines is 2. The van der Waals surface area contributed by atoms with Crippen LogP contribution in [0.5, 0.6) is 0 Å². The van der Waals surface area contributed by atoms with Crippen LogP contribution in [0.4, 0.5) is 11.5 Å². The Kier molecular flexibility index (Phi) is 6.45. The number of pyridine rings is 1. The summed E-state index contributed by atoms with van der Waals surface area (Å²) in [6, 6.07) is 2.62. The van der Waals surface area contributed by atoms with Gasteiger partial charge in [-0.05, 0) is 19.1 Å². The second kappa shape index (κ2) is 7.09. The first kappa shape index (κ1) is 18.2. The highest BCUT2D eigenvalue weighted by molar-refractivity contribution is 5.97. The van der Waals surface area contributed by atoms with Gasteiger partial charge in [-0.25, -0.2) is 4.98 Å². The first-order chi connectivity index (χ1) is 8.70. The van der Waals surface area contributed by atoms with Gasteiger partial charge in [0.05, 0.1) is 11.9 Å². The number of nitrogens with one attached hydrogen (secondary N) is 2. The molecule has 0 aliphatic rings. The second-order valence-corrected chi connectivity index (χ2v) is 5.41. The topological polar surface area (TPSA) is 97.1 Å². The molecule has 7 heteroatoms. The summed E-state index contributed by atoms with van der Waals surface area (Å²) in [5.74, 6) is -0.0955. The Labute approximate surface area is 124 Å². The lowest BCUT2D eigenvalue weighted by atomic mass is 9.95. The number of carbonyl (C=O) groups is 2. The fourth-order valence-corrected chi connectivity index (χ4v) is 1.21. The third-order valence-electron chi connectivity index (χ3n) is 2.48. The lowest BCUT2D eigenvalue weighted by molar-refractivity contribution is -0.131. The minimum atomic E-state index is -0.621. The van der Waals surface area contributed by atoms with E-state index in [1.807, 2.05) is 0 Å². The smallest absolute Gasteiger partial charge is 0.246 e. The van der Waals surface area contributed by atoms with Crippen molar-refractivity contribution in [1.29, 1.82) is 0 Å². The number of hydrogen-bond acceptors (Lipinski definition) is 4. The van der Waals surface area contributed by atoms with Crippen molar-refractivity contribution in [2.75, 3.05) is 11.1 Å². The number of nitrogens with two attached hydrogens (primary N) is 1. The molecule has 2 amide bonds. The van der Waals surface area contributed by atoms with E-state index in [4.69, 9.17) is 5.73 Å². The maximum atomic E-state index is 11.9. The summed E-state index contributed by atoms with van der Waals surface area (Å²) in [6.45, 7) is 6.99. The third kappa shape index (κ3) is 5.44. The average Bonchev–Trinajstić information content (AvgIpc) is 2.30. The van der Waals surface area contributed by atoms with Crippen LogP contribution in [0.1, 0.15) is 27.7 Å². The molecule has 0 saturated heterocycles. The molecule has 1 atom stereocenters. The molecule has 1 rings (SSSR count). The van der Waals surface area contributed by atoms with Gasteiger partial charge in [0.25, 0.3) is 0 Å². The molecular weight excluding hydrogens is 280 g/mol. The Bertz CT molecular complexity index is 468. The number of halogens is 1. The molecule has 0 radical (unpaired) electrons. The molecule has 0 fully saturated rings. The van der Waals surface area contributed by atoms with Crippen LogP contribution in [-0.2, 0) is 9.59 Å². The Morgan fingerprint density at radius 1 is 1.30 bits per heavy atom. The number of nitrogens with zero attached hydrogens (tertiary/aromatic N) is 1. The lowest BCUT2D eigenvalue weighted by Crippen LogP contribution is -2.46. The molecule has 1 aromatic heterocycles. The van der Waals surface area contributed by atoms with E-state index in [0.717, 1.165) is 0 Å². The van der Waals surface area contributed by atoms with E-state index in [2.05, 4.69) is 15.6 Å². The van der Waals surface area contributed by atoms with Crippen LogP contribution >= 0.6 is 12.4 Å². The summed E-state index contributed by atoms with van der Waals surface area (Å²) >= 11 is 0. The van der Waals surface area contributed by atoms with E-state index in [0.29, 0.717) is 11.5 Å². The number of amides is 2. The van der Waals surface area contributed by atoms with E-state index in [1.165, 1.54) is 6.20 Å². The fraction of sp³-hybridized carbons (Fsp3) is 0.462. The monoisotopic (exact) mass is 300 g/mol. The van der Waals surface area contributed by atoms with Crippen LogP contribution in [0.25, 0.3) is 0 Å². The highest BCUT2D eigenvalue weighted by Crippen LogP contribution is 2.13. The van der Waals surface area contributed by atoms with E-state index in [-0.39, 0.29) is 24.2 Å². The predicted molar refractivity (Wildman–Crippen MR) is 81.6 cm³/mol. The summed E-state index contributed by atoms with van der Waals surface area (Å²) < 4.78 is 0. The van der Waals surface area contributed by atoms with Gasteiger partial charge in [0.15, 0.2) is 0 Å². The van der Waals surface area contributed by atoms with Gasteiger partial charge < -0.3 is 16.4 Å². The van der Waals surface area contributed by atoms with Crippen LogP contribution in [0.3, 0.4) is 0 Å². The average molecular weight is 301 g/mol. The van der Waals surface area contributed by atoms with Gasteiger partial charge in [-0.1, -0.05) is 20.8 Å². The van der Waals surface area contributed by atoms with E-state index in [1.54, 1.807) is 39.8 Å². The molecule has 0 spiro atoms. The minimum Gasteiger partial charge on any atom is -0.384 e. The van der Waals surface area contributed by atoms with Crippen molar-refractivity contribution >= 4 is 35.7 Å². The predicted octanol–water partition coefficient (Wildman–Crippen LogP) is 1.57. The molecule has 0 aliphatic carbocycles. The minimum absolute atomic E-state index is 0. The van der Waals surface area contributed by atoms with Crippen molar-refractivity contribution in [3.63, 3.8) is 0 Å². The van der Waals surface area contributed by atoms with Crippen molar-refractivity contribution in [3.8, 4) is 0 Å². The maximum Gasteiger partial charge on any atom is 0.246 e. The van der Waals surface area contributed by atoms with Crippen molar-refractivity contribution in [1.82, 2.24) is 10.3 Å². The lowest BCUT2D eigenvalue weighted by Gasteiger charge is -2.21. The highest BCUT2D eigenvalue weighted by Gasteiger charge is 2.25. The summed E-state index contributed by atoms with van der Waals surface area (Å²) in [5.41, 5.74) is 5.46. The van der Waals surface area contributed by atoms with Gasteiger partial charge >= 0.3 is 0 Å². The Hall–Kier alpha value is -1.82. The molecular formula is C13H21ClN4O2. The molecule has 112 valence electrons. The Balaban J connectivity index is 0.00000361. The van der Waals surface area contributed by atoms with Gasteiger partial charge in [0.2, 0.25) is 11.8 Å². The number of rotatable bonds is 3. The Morgan fingerprint density at radius 3 is 2.35 bits per heavy atom. The second-order valence-electron chi connectivity index (χ2n) is 5.41. The zero-order chi connectivity index (χ0) is 14.6. The normalized spacial score (nSPS) is 12.0. The van der Waals surface area contributed by atoms with Crippen LogP contribution in [0.15, 0.2) is 18.3 Å². The van der Waals surface area contributed by atoms with Crippen molar-refractivity contribution < 1.29 is 9.59 Å². The number of nitrogen functional groups attached to an aromatic ring is 1. The maximum absolute atomic E-state index is 11.9. The van der Waals surface area contributed by atoms with Crippen LogP contribution < -0.4 is 16.4 Å². The molecule has 1 aromatic rings. The summed E-state index contributed by atoms with van der Waals surface area (Å²) in [6.07, 6.45) is 1.46. The van der Waals surface area contributed by atoms with Gasteiger partial charge in [0.1, 0.15) is 11.9 Å². The summed E-state index contributed by atoms with van der Waals surface area (Å²) in [7, 11) is 0. The molecule has 1 unspecified atom stereocenters. The Morgan fingerprint density at radius 2 is 1.90 bits per heavy atom. The quantitative estimate of drug-likeness (QED) is 0.789. The first-order valence-electron chi connectivity index (χ1n) is 6.03. The summed E-state index contributed by atoms with van der Waals surface area (Å²) in [4.78, 5) is 27.5. The highest BCUT2D eigenvalue weighted by atomic mass is 35.5. The molecule has 0 aromatic carbocycles. The SMILES string of the molecule is CC(NC(=O)C(C)(C)C)C(=O)Nc1ccc(N)nc1.Cl. The molecule has 20 heavy (non-hydrogen) atoms. The zero-order valence-corrected chi connectivity index (χ0v) is 12.9. The first-order valence-corrected chi connectivity index (χ1v) is 6.03. The van der Waals surface area contributed by atoms with Crippen LogP contribution in [0.2, 0.25) is 0 Å². The molecule has 6 nitrogen and oxygen atoms in total. The summed E-state index contributed by atoms with van der Waals surface area (Å²) in [5, 5.41) is 5.31. The number of hydrogen-bond donors (Lipinski definition) is 3. The van der Waals surface area contributed by atoms with Crippen molar-refractivity contribution in [2.45, 2.75) is 33.7 Å². The number of carbonyl (C=O) groups excluding carboxylic acids is 2. The van der Waals surface area contributed by atoms with E-state index < -0.39 is 11.5 Å². The third-order valence-corrected chi connectivity index (χ3v) is 2.48. The van der Waals surface area contributed by atoms with Gasteiger partial charge in [-0.2, -0.15) is 0 Å². The van der Waals surface area contributed by atoms with Crippen LogP contribution in [0, 0.1) is 5.41 Å². The molecule has 0 aliphatic heterocycles. The van der Waals surface area contributed by atoms with Crippen molar-refractivity contribution in [2.24, 2.45) is 5.41 Å². The van der Waals surface area contributed by atoms with E-state index in [9.17, 15) is 9.59 Å². The fourth-order valence-electron chi connectivity index (χ4n) is 1.21. The standard InChI is InChI=1S/C13H20N4O2.ClH/c1-8(16-12(19)13(2,3)4)11(18)17-9-5-6-10(14)15-7-9;/h5-8H,1-4H3,(H2,14,15)(H,16,19)(H,17,18);1H. The molecule has 0 bridgehead atoms. The molecule has 4 N–H and O–H groups in total. The van der Waals surface area contributed by atoms with Crippen LogP contribution in [-0.4, -0.2) is 22.8 Å². The van der Waals surface area contributed by atoms with Gasteiger partial charge in [-0.15, -0.1) is 12.4 Å². The van der Waals surface area contributed by atoms with E-state index >= 15 is 0 Å².